The molecule has 0 fully saturated rings. The zero-order chi connectivity index (χ0) is 20.2. The van der Waals surface area contributed by atoms with Crippen molar-refractivity contribution in [3.8, 4) is 11.5 Å². The molecule has 0 spiro atoms. The van der Waals surface area contributed by atoms with Crippen molar-refractivity contribution < 1.29 is 14.3 Å². The van der Waals surface area contributed by atoms with Crippen LogP contribution in [0.25, 0.3) is 11.0 Å². The Hall–Kier alpha value is -2.67. The number of rotatable bonds is 8. The minimum Gasteiger partial charge on any atom is -0.454 e. The zero-order valence-electron chi connectivity index (χ0n) is 16.7. The van der Waals surface area contributed by atoms with E-state index >= 15 is 0 Å². The summed E-state index contributed by atoms with van der Waals surface area (Å²) in [5, 5.41) is 3.86. The molecule has 2 aromatic carbocycles. The summed E-state index contributed by atoms with van der Waals surface area (Å²) in [5.74, 6) is 2.39. The number of nitrogens with zero attached hydrogens (tertiary/aromatic N) is 2. The van der Waals surface area contributed by atoms with E-state index in [4.69, 9.17) is 14.5 Å². The largest absolute Gasteiger partial charge is 0.454 e. The summed E-state index contributed by atoms with van der Waals surface area (Å²) in [6.45, 7) is 6.05. The molecule has 1 aliphatic heterocycles. The van der Waals surface area contributed by atoms with Gasteiger partial charge in [-0.1, -0.05) is 43.8 Å². The highest BCUT2D eigenvalue weighted by molar-refractivity contribution is 7.99. The smallest absolute Gasteiger partial charge is 0.231 e. The molecule has 1 N–H and O–H groups in total. The molecule has 0 saturated carbocycles. The van der Waals surface area contributed by atoms with Gasteiger partial charge in [-0.25, -0.2) is 4.98 Å². The molecular weight excluding hydrogens is 386 g/mol. The highest BCUT2D eigenvalue weighted by Gasteiger charge is 2.15. The fourth-order valence-corrected chi connectivity index (χ4v) is 4.07. The average Bonchev–Trinajstić information content (AvgIpc) is 3.32. The predicted molar refractivity (Wildman–Crippen MR) is 114 cm³/mol. The second-order valence-corrected chi connectivity index (χ2v) is 8.41. The molecule has 2 heterocycles. The van der Waals surface area contributed by atoms with E-state index in [0.29, 0.717) is 18.2 Å². The van der Waals surface area contributed by atoms with E-state index in [1.54, 1.807) is 0 Å². The molecule has 0 unspecified atom stereocenters. The molecule has 3 aromatic rings. The number of amides is 1. The molecule has 0 aliphatic carbocycles. The summed E-state index contributed by atoms with van der Waals surface area (Å²) < 4.78 is 12.9. The van der Waals surface area contributed by atoms with E-state index in [9.17, 15) is 4.79 Å². The minimum absolute atomic E-state index is 0.0184. The molecule has 29 heavy (non-hydrogen) atoms. The van der Waals surface area contributed by atoms with Crippen LogP contribution in [0.15, 0.2) is 47.6 Å². The van der Waals surface area contributed by atoms with Gasteiger partial charge in [-0.05, 0) is 42.2 Å². The van der Waals surface area contributed by atoms with Gasteiger partial charge in [0.15, 0.2) is 16.7 Å². The number of hydrogen-bond acceptors (Lipinski definition) is 5. The van der Waals surface area contributed by atoms with Gasteiger partial charge in [0.1, 0.15) is 0 Å². The Morgan fingerprint density at radius 2 is 2.03 bits per heavy atom. The van der Waals surface area contributed by atoms with E-state index in [-0.39, 0.29) is 12.7 Å². The van der Waals surface area contributed by atoms with Crippen molar-refractivity contribution in [1.82, 2.24) is 14.9 Å². The number of fused-ring (bicyclic) bond motifs is 2. The number of hydrogen-bond donors (Lipinski definition) is 1. The lowest BCUT2D eigenvalue weighted by Gasteiger charge is -2.11. The molecule has 7 heteroatoms. The molecule has 0 bridgehead atoms. The lowest BCUT2D eigenvalue weighted by molar-refractivity contribution is -0.118. The average molecular weight is 412 g/mol. The number of carbonyl (C=O) groups excluding carboxylic acids is 1. The third-order valence-electron chi connectivity index (χ3n) is 4.81. The summed E-state index contributed by atoms with van der Waals surface area (Å²) in [5.41, 5.74) is 3.08. The zero-order valence-corrected chi connectivity index (χ0v) is 17.5. The van der Waals surface area contributed by atoms with Gasteiger partial charge in [-0.2, -0.15) is 0 Å². The fraction of sp³-hybridized carbons (Fsp3) is 0.364. The predicted octanol–water partition coefficient (Wildman–Crippen LogP) is 4.22. The maximum absolute atomic E-state index is 12.4. The number of nitrogens with one attached hydrogen (secondary N) is 1. The number of thioether (sulfide) groups is 1. The van der Waals surface area contributed by atoms with Gasteiger partial charge < -0.3 is 19.4 Å². The van der Waals surface area contributed by atoms with Crippen LogP contribution in [0.3, 0.4) is 0 Å². The topological polar surface area (TPSA) is 65.4 Å². The molecule has 1 amide bonds. The summed E-state index contributed by atoms with van der Waals surface area (Å²) in [6.07, 6.45) is 1.07. The van der Waals surface area contributed by atoms with Crippen LogP contribution < -0.4 is 14.8 Å². The lowest BCUT2D eigenvalue weighted by atomic mass is 10.1. The van der Waals surface area contributed by atoms with Gasteiger partial charge >= 0.3 is 0 Å². The third kappa shape index (κ3) is 4.67. The number of ether oxygens (including phenoxy) is 2. The minimum atomic E-state index is -0.0184. The highest BCUT2D eigenvalue weighted by atomic mass is 32.2. The van der Waals surface area contributed by atoms with Crippen LogP contribution in [0, 0.1) is 5.92 Å². The Balaban J connectivity index is 1.37. The maximum Gasteiger partial charge on any atom is 0.231 e. The molecule has 6 nitrogen and oxygen atoms in total. The van der Waals surface area contributed by atoms with Crippen molar-refractivity contribution >= 4 is 28.7 Å². The van der Waals surface area contributed by atoms with Crippen molar-refractivity contribution in [3.05, 3.63) is 48.0 Å². The van der Waals surface area contributed by atoms with Crippen LogP contribution in [0.5, 0.6) is 11.5 Å². The fourth-order valence-electron chi connectivity index (χ4n) is 3.20. The first-order valence-electron chi connectivity index (χ1n) is 9.83. The second-order valence-electron chi connectivity index (χ2n) is 7.47. The van der Waals surface area contributed by atoms with Crippen LogP contribution in [0.1, 0.15) is 25.8 Å². The van der Waals surface area contributed by atoms with Gasteiger partial charge in [-0.15, -0.1) is 0 Å². The summed E-state index contributed by atoms with van der Waals surface area (Å²) in [6, 6.07) is 13.8. The molecule has 1 aliphatic rings. The van der Waals surface area contributed by atoms with E-state index in [1.807, 2.05) is 36.4 Å². The molecule has 0 atom stereocenters. The Labute approximate surface area is 174 Å². The monoisotopic (exact) mass is 411 g/mol. The number of carbonyl (C=O) groups is 1. The SMILES string of the molecule is CC(C)CCn1c(SCC(=O)NCc2ccc3c(c2)OCO3)nc2ccccc21. The van der Waals surface area contributed by atoms with E-state index in [2.05, 4.69) is 29.8 Å². The number of para-hydroxylation sites is 2. The Morgan fingerprint density at radius 3 is 2.90 bits per heavy atom. The first-order chi connectivity index (χ1) is 14.1. The summed E-state index contributed by atoms with van der Waals surface area (Å²) >= 11 is 1.48. The maximum atomic E-state index is 12.4. The number of benzene rings is 2. The highest BCUT2D eigenvalue weighted by Crippen LogP contribution is 2.32. The van der Waals surface area contributed by atoms with Gasteiger partial charge in [0, 0.05) is 13.1 Å². The van der Waals surface area contributed by atoms with E-state index in [0.717, 1.165) is 46.2 Å². The Bertz CT molecular complexity index is 1020. The van der Waals surface area contributed by atoms with Crippen LogP contribution in [-0.2, 0) is 17.9 Å². The van der Waals surface area contributed by atoms with Crippen molar-refractivity contribution in [2.75, 3.05) is 12.5 Å². The Morgan fingerprint density at radius 1 is 1.21 bits per heavy atom. The van der Waals surface area contributed by atoms with Crippen molar-refractivity contribution in [2.45, 2.75) is 38.5 Å². The first kappa shape index (κ1) is 19.6. The number of imidazole rings is 1. The van der Waals surface area contributed by atoms with Crippen molar-refractivity contribution in [1.29, 1.82) is 0 Å². The summed E-state index contributed by atoms with van der Waals surface area (Å²) in [4.78, 5) is 17.1. The van der Waals surface area contributed by atoms with Gasteiger partial charge in [0.2, 0.25) is 12.7 Å². The number of aromatic nitrogens is 2. The lowest BCUT2D eigenvalue weighted by Crippen LogP contribution is -2.24. The van der Waals surface area contributed by atoms with Crippen LogP contribution >= 0.6 is 11.8 Å². The van der Waals surface area contributed by atoms with Crippen molar-refractivity contribution in [3.63, 3.8) is 0 Å². The van der Waals surface area contributed by atoms with Crippen LogP contribution in [-0.4, -0.2) is 28.0 Å². The molecular formula is C22H25N3O3S. The quantitative estimate of drug-likeness (QED) is 0.562. The van der Waals surface area contributed by atoms with Crippen LogP contribution in [0.4, 0.5) is 0 Å². The third-order valence-corrected chi connectivity index (χ3v) is 5.79. The van der Waals surface area contributed by atoms with Gasteiger partial charge in [0.25, 0.3) is 0 Å². The van der Waals surface area contributed by atoms with E-state index < -0.39 is 0 Å². The second kappa shape index (κ2) is 8.78. The first-order valence-corrected chi connectivity index (χ1v) is 10.8. The molecule has 0 radical (unpaired) electrons. The van der Waals surface area contributed by atoms with Gasteiger partial charge in [-0.3, -0.25) is 4.79 Å². The number of aryl methyl sites for hydroxylation is 1. The molecule has 0 saturated heterocycles. The van der Waals surface area contributed by atoms with E-state index in [1.165, 1.54) is 11.8 Å². The molecule has 1 aromatic heterocycles. The summed E-state index contributed by atoms with van der Waals surface area (Å²) in [7, 11) is 0. The van der Waals surface area contributed by atoms with Gasteiger partial charge in [0.05, 0.1) is 16.8 Å². The molecule has 152 valence electrons. The van der Waals surface area contributed by atoms with Crippen molar-refractivity contribution in [2.24, 2.45) is 5.92 Å². The molecule has 4 rings (SSSR count). The van der Waals surface area contributed by atoms with Crippen LogP contribution in [0.2, 0.25) is 0 Å². The Kier molecular flexibility index (Phi) is 5.94. The standard InChI is InChI=1S/C22H25N3O3S/c1-15(2)9-10-25-18-6-4-3-5-17(18)24-22(25)29-13-21(26)23-12-16-7-8-19-20(11-16)28-14-27-19/h3-8,11,15H,9-10,12-14H2,1-2H3,(H,23,26). The normalized spacial score (nSPS) is 12.7.